The van der Waals surface area contributed by atoms with Gasteiger partial charge in [-0.1, -0.05) is 6.92 Å². The maximum atomic E-state index is 12.4. The second kappa shape index (κ2) is 3.82. The number of carbonyl (C=O) groups is 1. The summed E-state index contributed by atoms with van der Waals surface area (Å²) in [5.74, 6) is 0.201. The Balaban J connectivity index is 1.81. The van der Waals surface area contributed by atoms with Crippen LogP contribution in [0, 0.1) is 6.92 Å². The zero-order valence-electron chi connectivity index (χ0n) is 10.3. The smallest absolute Gasteiger partial charge is 0.264 e. The minimum Gasteiger partial charge on any atom is -0.376 e. The van der Waals surface area contributed by atoms with E-state index in [0.29, 0.717) is 0 Å². The zero-order chi connectivity index (χ0) is 12.0. The third-order valence-corrected chi connectivity index (χ3v) is 5.05. The first-order chi connectivity index (χ1) is 8.16. The molecule has 2 aliphatic heterocycles. The van der Waals surface area contributed by atoms with Gasteiger partial charge >= 0.3 is 0 Å². The number of hydrogen-bond acceptors (Lipinski definition) is 3. The Kier molecular flexibility index (Phi) is 2.52. The molecule has 2 aliphatic rings. The number of thiophene rings is 1. The van der Waals surface area contributed by atoms with E-state index in [4.69, 9.17) is 4.74 Å². The molecule has 1 aromatic heterocycles. The van der Waals surface area contributed by atoms with Crippen molar-refractivity contribution < 1.29 is 9.53 Å². The highest BCUT2D eigenvalue weighted by Crippen LogP contribution is 2.39. The van der Waals surface area contributed by atoms with Crippen LogP contribution in [0.2, 0.25) is 0 Å². The van der Waals surface area contributed by atoms with E-state index in [0.717, 1.165) is 37.5 Å². The van der Waals surface area contributed by atoms with E-state index in [1.165, 1.54) is 10.4 Å². The van der Waals surface area contributed by atoms with Gasteiger partial charge in [-0.15, -0.1) is 11.3 Å². The number of carbonyl (C=O) groups excluding carboxylic acids is 1. The van der Waals surface area contributed by atoms with Crippen LogP contribution in [0.5, 0.6) is 0 Å². The van der Waals surface area contributed by atoms with Gasteiger partial charge in [-0.3, -0.25) is 4.79 Å². The summed E-state index contributed by atoms with van der Waals surface area (Å²) in [4.78, 5) is 16.6. The standard InChI is InChI=1S/C13H17NO2S/c1-3-10-6-11(17-9(10)2)12(15)14-5-4-13(14)7-16-8-13/h6H,3-5,7-8H2,1-2H3. The SMILES string of the molecule is CCc1cc(C(=O)N2CCC23COC3)sc1C. The Morgan fingerprint density at radius 1 is 1.59 bits per heavy atom. The molecule has 0 aromatic carbocycles. The minimum absolute atomic E-state index is 0.0569. The second-order valence-corrected chi connectivity index (χ2v) is 6.23. The number of aryl methyl sites for hydroxylation is 2. The third-order valence-electron chi connectivity index (χ3n) is 3.97. The van der Waals surface area contributed by atoms with Gasteiger partial charge in [-0.2, -0.15) is 0 Å². The molecular formula is C13H17NO2S. The lowest BCUT2D eigenvalue weighted by atomic mass is 9.82. The highest BCUT2D eigenvalue weighted by atomic mass is 32.1. The van der Waals surface area contributed by atoms with Gasteiger partial charge in [0.2, 0.25) is 0 Å². The van der Waals surface area contributed by atoms with Crippen molar-refractivity contribution in [2.75, 3.05) is 19.8 Å². The summed E-state index contributed by atoms with van der Waals surface area (Å²) in [7, 11) is 0. The number of ether oxygens (including phenoxy) is 1. The van der Waals surface area contributed by atoms with E-state index in [9.17, 15) is 4.79 Å². The molecule has 2 fully saturated rings. The highest BCUT2D eigenvalue weighted by Gasteiger charge is 2.53. The fourth-order valence-electron chi connectivity index (χ4n) is 2.60. The number of likely N-dealkylation sites (tertiary alicyclic amines) is 1. The van der Waals surface area contributed by atoms with Crippen LogP contribution in [0.15, 0.2) is 6.07 Å². The van der Waals surface area contributed by atoms with Gasteiger partial charge in [-0.25, -0.2) is 0 Å². The molecule has 3 nitrogen and oxygen atoms in total. The minimum atomic E-state index is 0.0569. The molecule has 0 unspecified atom stereocenters. The Morgan fingerprint density at radius 2 is 2.35 bits per heavy atom. The zero-order valence-corrected chi connectivity index (χ0v) is 11.1. The molecule has 17 heavy (non-hydrogen) atoms. The Labute approximate surface area is 105 Å². The molecule has 4 heteroatoms. The van der Waals surface area contributed by atoms with Crippen LogP contribution in [0.25, 0.3) is 0 Å². The van der Waals surface area contributed by atoms with Gasteiger partial charge in [0.25, 0.3) is 5.91 Å². The molecule has 0 saturated carbocycles. The summed E-state index contributed by atoms with van der Waals surface area (Å²) in [5, 5.41) is 0. The maximum Gasteiger partial charge on any atom is 0.264 e. The van der Waals surface area contributed by atoms with E-state index in [1.54, 1.807) is 11.3 Å². The molecule has 2 saturated heterocycles. The molecule has 0 radical (unpaired) electrons. The van der Waals surface area contributed by atoms with E-state index in [-0.39, 0.29) is 11.4 Å². The molecule has 92 valence electrons. The summed E-state index contributed by atoms with van der Waals surface area (Å²) >= 11 is 1.63. The van der Waals surface area contributed by atoms with E-state index >= 15 is 0 Å². The van der Waals surface area contributed by atoms with E-state index < -0.39 is 0 Å². The van der Waals surface area contributed by atoms with Crippen molar-refractivity contribution in [3.05, 3.63) is 21.4 Å². The predicted molar refractivity (Wildman–Crippen MR) is 67.6 cm³/mol. The van der Waals surface area contributed by atoms with E-state index in [1.807, 2.05) is 4.90 Å². The number of hydrogen-bond donors (Lipinski definition) is 0. The molecule has 1 spiro atoms. The van der Waals surface area contributed by atoms with Gasteiger partial charge in [0.1, 0.15) is 0 Å². The Hall–Kier alpha value is -0.870. The molecule has 1 aromatic rings. The summed E-state index contributed by atoms with van der Waals surface area (Å²) in [6, 6.07) is 2.06. The first-order valence-electron chi connectivity index (χ1n) is 6.15. The fraction of sp³-hybridized carbons (Fsp3) is 0.615. The van der Waals surface area contributed by atoms with Gasteiger partial charge in [0, 0.05) is 11.4 Å². The van der Waals surface area contributed by atoms with Crippen molar-refractivity contribution in [3.8, 4) is 0 Å². The first kappa shape index (κ1) is 11.2. The van der Waals surface area contributed by atoms with Crippen LogP contribution in [0.4, 0.5) is 0 Å². The van der Waals surface area contributed by atoms with E-state index in [2.05, 4.69) is 19.9 Å². The third kappa shape index (κ3) is 1.54. The Morgan fingerprint density at radius 3 is 2.76 bits per heavy atom. The van der Waals surface area contributed by atoms with Crippen molar-refractivity contribution >= 4 is 17.2 Å². The van der Waals surface area contributed by atoms with Gasteiger partial charge in [-0.05, 0) is 31.4 Å². The fourth-order valence-corrected chi connectivity index (χ4v) is 3.67. The van der Waals surface area contributed by atoms with Crippen LogP contribution < -0.4 is 0 Å². The normalized spacial score (nSPS) is 21.2. The van der Waals surface area contributed by atoms with Crippen molar-refractivity contribution in [1.29, 1.82) is 0 Å². The van der Waals surface area contributed by atoms with Crippen LogP contribution in [-0.4, -0.2) is 36.1 Å². The van der Waals surface area contributed by atoms with Crippen LogP contribution in [-0.2, 0) is 11.2 Å². The van der Waals surface area contributed by atoms with Crippen molar-refractivity contribution in [2.24, 2.45) is 0 Å². The molecule has 0 N–H and O–H groups in total. The molecule has 3 rings (SSSR count). The van der Waals surface area contributed by atoms with Gasteiger partial charge in [0.15, 0.2) is 0 Å². The lowest BCUT2D eigenvalue weighted by molar-refractivity contribution is -0.172. The highest BCUT2D eigenvalue weighted by molar-refractivity contribution is 7.14. The summed E-state index contributed by atoms with van der Waals surface area (Å²) < 4.78 is 5.26. The molecule has 0 atom stereocenters. The average Bonchev–Trinajstić information content (AvgIpc) is 2.55. The van der Waals surface area contributed by atoms with Crippen molar-refractivity contribution in [3.63, 3.8) is 0 Å². The average molecular weight is 251 g/mol. The number of rotatable bonds is 2. The molecule has 1 amide bonds. The maximum absolute atomic E-state index is 12.4. The van der Waals surface area contributed by atoms with Crippen molar-refractivity contribution in [1.82, 2.24) is 4.90 Å². The lowest BCUT2D eigenvalue weighted by Crippen LogP contribution is -2.72. The largest absolute Gasteiger partial charge is 0.376 e. The molecule has 3 heterocycles. The first-order valence-corrected chi connectivity index (χ1v) is 6.97. The Bertz CT molecular complexity index is 456. The van der Waals surface area contributed by atoms with Crippen LogP contribution in [0.1, 0.15) is 33.5 Å². The topological polar surface area (TPSA) is 29.5 Å². The van der Waals surface area contributed by atoms with Gasteiger partial charge in [0.05, 0.1) is 23.6 Å². The van der Waals surface area contributed by atoms with Gasteiger partial charge < -0.3 is 9.64 Å². The quantitative estimate of drug-likeness (QED) is 0.806. The van der Waals surface area contributed by atoms with Crippen LogP contribution >= 0.6 is 11.3 Å². The lowest BCUT2D eigenvalue weighted by Gasteiger charge is -2.57. The molecule has 0 aliphatic carbocycles. The summed E-state index contributed by atoms with van der Waals surface area (Å²) in [5.41, 5.74) is 1.36. The number of nitrogens with zero attached hydrogens (tertiary/aromatic N) is 1. The monoisotopic (exact) mass is 251 g/mol. The van der Waals surface area contributed by atoms with Crippen molar-refractivity contribution in [2.45, 2.75) is 32.2 Å². The number of amides is 1. The van der Waals surface area contributed by atoms with Crippen LogP contribution in [0.3, 0.4) is 0 Å². The second-order valence-electron chi connectivity index (χ2n) is 4.97. The molecular weight excluding hydrogens is 234 g/mol. The molecule has 0 bridgehead atoms. The summed E-state index contributed by atoms with van der Waals surface area (Å²) in [6.07, 6.45) is 2.10. The summed E-state index contributed by atoms with van der Waals surface area (Å²) in [6.45, 7) is 6.57. The predicted octanol–water partition coefficient (Wildman–Crippen LogP) is 2.23.